The second-order valence-corrected chi connectivity index (χ2v) is 6.06. The quantitative estimate of drug-likeness (QED) is 0.679. The van der Waals surface area contributed by atoms with Gasteiger partial charge < -0.3 is 10.6 Å². The molecule has 3 rings (SSSR count). The van der Waals surface area contributed by atoms with Gasteiger partial charge in [-0.3, -0.25) is 0 Å². The van der Waals surface area contributed by atoms with E-state index in [2.05, 4.69) is 52.6 Å². The van der Waals surface area contributed by atoms with Gasteiger partial charge in [0.25, 0.3) is 0 Å². The third-order valence-corrected chi connectivity index (χ3v) is 4.08. The monoisotopic (exact) mass is 338 g/mol. The van der Waals surface area contributed by atoms with Gasteiger partial charge in [0.05, 0.1) is 0 Å². The Labute approximate surface area is 146 Å². The van der Waals surface area contributed by atoms with E-state index in [-0.39, 0.29) is 0 Å². The molecule has 0 bridgehead atoms. The second-order valence-electron chi connectivity index (χ2n) is 5.65. The number of nitrogens with zero attached hydrogens (tertiary/aromatic N) is 2. The van der Waals surface area contributed by atoms with Crippen LogP contribution in [0.3, 0.4) is 0 Å². The first-order valence-corrected chi connectivity index (χ1v) is 8.14. The molecular formula is C19H19ClN4. The number of hydrogen-bond acceptors (Lipinski definition) is 4. The van der Waals surface area contributed by atoms with E-state index in [1.54, 1.807) is 6.20 Å². The first kappa shape index (κ1) is 16.3. The van der Waals surface area contributed by atoms with Crippen molar-refractivity contribution in [3.63, 3.8) is 0 Å². The largest absolute Gasteiger partial charge is 0.366 e. The summed E-state index contributed by atoms with van der Waals surface area (Å²) in [7, 11) is 0. The summed E-state index contributed by atoms with van der Waals surface area (Å²) in [5.41, 5.74) is 4.38. The molecule has 0 unspecified atom stereocenters. The van der Waals surface area contributed by atoms with Crippen LogP contribution in [0.25, 0.3) is 0 Å². The molecule has 4 nitrogen and oxygen atoms in total. The molecule has 0 atom stereocenters. The molecule has 1 aromatic heterocycles. The van der Waals surface area contributed by atoms with Crippen molar-refractivity contribution in [2.75, 3.05) is 10.6 Å². The van der Waals surface area contributed by atoms with E-state index < -0.39 is 0 Å². The van der Waals surface area contributed by atoms with E-state index in [4.69, 9.17) is 11.6 Å². The van der Waals surface area contributed by atoms with Crippen LogP contribution in [0, 0.1) is 13.8 Å². The highest BCUT2D eigenvalue weighted by molar-refractivity contribution is 6.31. The molecule has 5 heteroatoms. The smallest absolute Gasteiger partial charge is 0.229 e. The molecule has 3 aromatic rings. The molecule has 2 N–H and O–H groups in total. The summed E-state index contributed by atoms with van der Waals surface area (Å²) in [5, 5.41) is 7.30. The van der Waals surface area contributed by atoms with Crippen molar-refractivity contribution in [3.05, 3.63) is 76.4 Å². The molecule has 0 aliphatic carbocycles. The van der Waals surface area contributed by atoms with Gasteiger partial charge in [0.1, 0.15) is 5.82 Å². The van der Waals surface area contributed by atoms with Gasteiger partial charge in [0, 0.05) is 23.5 Å². The Balaban J connectivity index is 1.72. The fourth-order valence-corrected chi connectivity index (χ4v) is 2.54. The van der Waals surface area contributed by atoms with E-state index in [0.29, 0.717) is 12.5 Å². The topological polar surface area (TPSA) is 49.8 Å². The Kier molecular flexibility index (Phi) is 4.96. The van der Waals surface area contributed by atoms with Crippen LogP contribution < -0.4 is 10.6 Å². The lowest BCUT2D eigenvalue weighted by molar-refractivity contribution is 1.08. The van der Waals surface area contributed by atoms with Crippen LogP contribution in [0.1, 0.15) is 16.7 Å². The van der Waals surface area contributed by atoms with Crippen molar-refractivity contribution in [3.8, 4) is 0 Å². The van der Waals surface area contributed by atoms with Gasteiger partial charge in [-0.2, -0.15) is 4.98 Å². The van der Waals surface area contributed by atoms with Gasteiger partial charge in [-0.25, -0.2) is 4.98 Å². The average molecular weight is 339 g/mol. The van der Waals surface area contributed by atoms with E-state index in [0.717, 1.165) is 27.7 Å². The fourth-order valence-electron chi connectivity index (χ4n) is 2.34. The number of aryl methyl sites for hydroxylation is 2. The molecule has 0 saturated heterocycles. The number of halogens is 1. The van der Waals surface area contributed by atoms with Gasteiger partial charge in [0.15, 0.2) is 0 Å². The van der Waals surface area contributed by atoms with Crippen molar-refractivity contribution in [2.45, 2.75) is 20.4 Å². The zero-order valence-electron chi connectivity index (χ0n) is 13.7. The molecule has 0 radical (unpaired) electrons. The Hall–Kier alpha value is -2.59. The predicted octanol–water partition coefficient (Wildman–Crippen LogP) is 5.10. The van der Waals surface area contributed by atoms with Crippen LogP contribution in [-0.4, -0.2) is 9.97 Å². The average Bonchev–Trinajstić information content (AvgIpc) is 2.58. The van der Waals surface area contributed by atoms with Crippen LogP contribution in [0.15, 0.2) is 54.7 Å². The molecular weight excluding hydrogens is 320 g/mol. The minimum Gasteiger partial charge on any atom is -0.366 e. The van der Waals surface area contributed by atoms with Crippen molar-refractivity contribution in [1.82, 2.24) is 9.97 Å². The first-order chi connectivity index (χ1) is 11.6. The molecule has 0 aliphatic rings. The molecule has 2 aromatic carbocycles. The maximum atomic E-state index is 6.18. The molecule has 24 heavy (non-hydrogen) atoms. The highest BCUT2D eigenvalue weighted by atomic mass is 35.5. The van der Waals surface area contributed by atoms with Crippen molar-refractivity contribution < 1.29 is 0 Å². The lowest BCUT2D eigenvalue weighted by Gasteiger charge is -2.11. The van der Waals surface area contributed by atoms with Crippen LogP contribution in [-0.2, 0) is 6.54 Å². The zero-order chi connectivity index (χ0) is 16.9. The second kappa shape index (κ2) is 7.32. The number of anilines is 3. The maximum Gasteiger partial charge on any atom is 0.229 e. The third-order valence-electron chi connectivity index (χ3n) is 3.71. The molecule has 0 saturated carbocycles. The minimum atomic E-state index is 0.563. The van der Waals surface area contributed by atoms with Crippen molar-refractivity contribution in [1.29, 1.82) is 0 Å². The predicted molar refractivity (Wildman–Crippen MR) is 100 cm³/mol. The van der Waals surface area contributed by atoms with E-state index in [1.165, 1.54) is 5.56 Å². The zero-order valence-corrected chi connectivity index (χ0v) is 14.4. The van der Waals surface area contributed by atoms with Crippen molar-refractivity contribution >= 4 is 29.1 Å². The van der Waals surface area contributed by atoms with Crippen molar-refractivity contribution in [2.24, 2.45) is 0 Å². The Morgan fingerprint density at radius 3 is 2.71 bits per heavy atom. The number of benzene rings is 2. The van der Waals surface area contributed by atoms with E-state index in [1.807, 2.05) is 30.3 Å². The summed E-state index contributed by atoms with van der Waals surface area (Å²) in [6, 6.07) is 15.9. The summed E-state index contributed by atoms with van der Waals surface area (Å²) < 4.78 is 0. The first-order valence-electron chi connectivity index (χ1n) is 7.76. The van der Waals surface area contributed by atoms with Gasteiger partial charge in [-0.15, -0.1) is 0 Å². The maximum absolute atomic E-state index is 6.18. The van der Waals surface area contributed by atoms with Crippen LogP contribution in [0.2, 0.25) is 5.02 Å². The molecule has 1 heterocycles. The Morgan fingerprint density at radius 2 is 1.88 bits per heavy atom. The summed E-state index contributed by atoms with van der Waals surface area (Å²) >= 11 is 6.18. The number of aromatic nitrogens is 2. The molecule has 0 amide bonds. The molecule has 0 spiro atoms. The van der Waals surface area contributed by atoms with Gasteiger partial charge in [-0.05, 0) is 48.7 Å². The number of rotatable bonds is 5. The SMILES string of the molecule is Cc1ccc(C)c(Nc2nccc(NCc3ccccc3Cl)n2)c1. The Bertz CT molecular complexity index is 848. The van der Waals surface area contributed by atoms with Gasteiger partial charge >= 0.3 is 0 Å². The summed E-state index contributed by atoms with van der Waals surface area (Å²) in [6.07, 6.45) is 1.73. The minimum absolute atomic E-state index is 0.563. The highest BCUT2D eigenvalue weighted by Crippen LogP contribution is 2.21. The van der Waals surface area contributed by atoms with E-state index in [9.17, 15) is 0 Å². The van der Waals surface area contributed by atoms with Gasteiger partial charge in [0.2, 0.25) is 5.95 Å². The van der Waals surface area contributed by atoms with Gasteiger partial charge in [-0.1, -0.05) is 41.9 Å². The van der Waals surface area contributed by atoms with Crippen LogP contribution in [0.5, 0.6) is 0 Å². The third kappa shape index (κ3) is 4.03. The normalized spacial score (nSPS) is 10.5. The molecule has 0 fully saturated rings. The summed E-state index contributed by atoms with van der Waals surface area (Å²) in [5.74, 6) is 1.31. The summed E-state index contributed by atoms with van der Waals surface area (Å²) in [4.78, 5) is 8.80. The lowest BCUT2D eigenvalue weighted by Crippen LogP contribution is -2.05. The molecule has 0 aliphatic heterocycles. The lowest BCUT2D eigenvalue weighted by atomic mass is 10.1. The number of nitrogens with one attached hydrogen (secondary N) is 2. The van der Waals surface area contributed by atoms with Crippen LogP contribution >= 0.6 is 11.6 Å². The fraction of sp³-hybridized carbons (Fsp3) is 0.158. The Morgan fingerprint density at radius 1 is 1.04 bits per heavy atom. The summed E-state index contributed by atoms with van der Waals surface area (Å²) in [6.45, 7) is 4.73. The standard InChI is InChI=1S/C19H19ClN4/c1-13-7-8-14(2)17(11-13)23-19-21-10-9-18(24-19)22-12-15-5-3-4-6-16(15)20/h3-11H,12H2,1-2H3,(H2,21,22,23,24). The van der Waals surface area contributed by atoms with Crippen LogP contribution in [0.4, 0.5) is 17.5 Å². The van der Waals surface area contributed by atoms with E-state index >= 15 is 0 Å². The highest BCUT2D eigenvalue weighted by Gasteiger charge is 2.04. The molecule has 122 valence electrons. The number of hydrogen-bond donors (Lipinski definition) is 2.